The topological polar surface area (TPSA) is 120 Å². The summed E-state index contributed by atoms with van der Waals surface area (Å²) in [6, 6.07) is 4.80. The minimum Gasteiger partial charge on any atom is -0.350 e. The first-order valence-corrected chi connectivity index (χ1v) is 9.73. The second kappa shape index (κ2) is 7.44. The lowest BCUT2D eigenvalue weighted by molar-refractivity contribution is -0.122. The summed E-state index contributed by atoms with van der Waals surface area (Å²) in [7, 11) is 0. The molecule has 2 heterocycles. The largest absolute Gasteiger partial charge is 0.350 e. The van der Waals surface area contributed by atoms with E-state index in [1.54, 1.807) is 0 Å². The number of fused-ring (bicyclic) bond motifs is 2. The lowest BCUT2D eigenvalue weighted by atomic mass is 9.86. The van der Waals surface area contributed by atoms with Crippen LogP contribution in [0, 0.1) is 35.9 Å². The van der Waals surface area contributed by atoms with Crippen molar-refractivity contribution in [1.29, 1.82) is 5.26 Å². The minimum atomic E-state index is -0.708. The van der Waals surface area contributed by atoms with Crippen molar-refractivity contribution < 1.29 is 9.18 Å². The van der Waals surface area contributed by atoms with Gasteiger partial charge in [0.1, 0.15) is 12.4 Å². The number of carbonyl (C=O) groups is 1. The second-order valence-corrected chi connectivity index (χ2v) is 7.92. The summed E-state index contributed by atoms with van der Waals surface area (Å²) in [5.74, 6) is -0.672. The molecule has 8 nitrogen and oxygen atoms in total. The molecular weight excluding hydrogens is 377 g/mol. The van der Waals surface area contributed by atoms with Crippen LogP contribution in [0.25, 0.3) is 10.9 Å². The van der Waals surface area contributed by atoms with Crippen LogP contribution < -0.4 is 21.9 Å². The van der Waals surface area contributed by atoms with Crippen molar-refractivity contribution in [2.45, 2.75) is 44.8 Å². The highest BCUT2D eigenvalue weighted by atomic mass is 19.1. The number of carbonyl (C=O) groups excluding carboxylic acids is 1. The molecule has 29 heavy (non-hydrogen) atoms. The van der Waals surface area contributed by atoms with Crippen molar-refractivity contribution in [2.75, 3.05) is 6.54 Å². The fourth-order valence-corrected chi connectivity index (χ4v) is 4.66. The predicted molar refractivity (Wildman–Crippen MR) is 104 cm³/mol. The van der Waals surface area contributed by atoms with Gasteiger partial charge in [-0.2, -0.15) is 5.26 Å². The highest BCUT2D eigenvalue weighted by Gasteiger charge is 2.40. The summed E-state index contributed by atoms with van der Waals surface area (Å²) in [6.45, 7) is 1.62. The number of benzene rings is 1. The van der Waals surface area contributed by atoms with Gasteiger partial charge in [0, 0.05) is 18.6 Å². The number of hydrogen-bond donors (Lipinski definition) is 3. The van der Waals surface area contributed by atoms with E-state index in [9.17, 15) is 18.8 Å². The first-order valence-electron chi connectivity index (χ1n) is 9.73. The van der Waals surface area contributed by atoms with Crippen molar-refractivity contribution in [3.05, 3.63) is 44.4 Å². The van der Waals surface area contributed by atoms with Gasteiger partial charge in [0.25, 0.3) is 5.56 Å². The molecule has 1 amide bonds. The number of hydrogen-bond acceptors (Lipinski definition) is 5. The molecule has 2 aromatic rings. The minimum absolute atomic E-state index is 0.0101. The maximum Gasteiger partial charge on any atom is 0.329 e. The smallest absolute Gasteiger partial charge is 0.329 e. The first kappa shape index (κ1) is 19.3. The molecule has 1 aromatic heterocycles. The highest BCUT2D eigenvalue weighted by Crippen LogP contribution is 2.34. The SMILES string of the molecule is Cc1c(F)ccc2[nH]c(=O)n(CC(=O)N[C@H]3CCC4CC(C#N)CNC43)c(=O)c12. The fourth-order valence-electron chi connectivity index (χ4n) is 4.66. The number of nitrogens with zero attached hydrogens (tertiary/aromatic N) is 2. The van der Waals surface area contributed by atoms with E-state index in [1.165, 1.54) is 19.1 Å². The summed E-state index contributed by atoms with van der Waals surface area (Å²) in [4.78, 5) is 40.2. The Hall–Kier alpha value is -2.99. The van der Waals surface area contributed by atoms with E-state index in [0.717, 1.165) is 23.8 Å². The number of H-pyrrole nitrogens is 1. The zero-order chi connectivity index (χ0) is 20.7. The van der Waals surface area contributed by atoms with Crippen molar-refractivity contribution in [3.63, 3.8) is 0 Å². The Labute approximate surface area is 165 Å². The van der Waals surface area contributed by atoms with Crippen LogP contribution >= 0.6 is 0 Å². The molecule has 1 aromatic carbocycles. The summed E-state index contributed by atoms with van der Waals surface area (Å²) in [5, 5.41) is 15.4. The molecule has 0 bridgehead atoms. The average Bonchev–Trinajstić information content (AvgIpc) is 3.09. The van der Waals surface area contributed by atoms with Crippen molar-refractivity contribution in [1.82, 2.24) is 20.2 Å². The molecule has 4 atom stereocenters. The Kier molecular flexibility index (Phi) is 4.96. The van der Waals surface area contributed by atoms with E-state index >= 15 is 0 Å². The summed E-state index contributed by atoms with van der Waals surface area (Å²) in [5.41, 5.74) is -1.02. The van der Waals surface area contributed by atoms with Crippen molar-refractivity contribution in [2.24, 2.45) is 11.8 Å². The van der Waals surface area contributed by atoms with E-state index in [1.807, 2.05) is 0 Å². The lowest BCUT2D eigenvalue weighted by Gasteiger charge is -2.33. The van der Waals surface area contributed by atoms with Crippen LogP contribution in [0.15, 0.2) is 21.7 Å². The molecule has 1 aliphatic heterocycles. The standard InChI is InChI=1S/C20H22FN5O3/c1-10-13(21)3-5-14-17(10)19(28)26(20(29)25-14)9-16(27)24-15-4-2-12-6-11(7-22)8-23-18(12)15/h3,5,11-12,15,18,23H,2,4,6,8-9H2,1H3,(H,24,27)(H,25,29)/t11?,12?,15-,18?/m0/s1. The molecular formula is C20H22FN5O3. The highest BCUT2D eigenvalue weighted by molar-refractivity contribution is 5.82. The Balaban J connectivity index is 1.53. The van der Waals surface area contributed by atoms with Gasteiger partial charge in [-0.25, -0.2) is 9.18 Å². The van der Waals surface area contributed by atoms with Gasteiger partial charge in [0.15, 0.2) is 0 Å². The molecule has 2 fully saturated rings. The van der Waals surface area contributed by atoms with E-state index in [4.69, 9.17) is 5.26 Å². The molecule has 1 aliphatic carbocycles. The maximum atomic E-state index is 13.9. The van der Waals surface area contributed by atoms with Crippen LogP contribution in [0.4, 0.5) is 4.39 Å². The number of aromatic amines is 1. The second-order valence-electron chi connectivity index (χ2n) is 7.92. The van der Waals surface area contributed by atoms with E-state index in [2.05, 4.69) is 21.7 Å². The Morgan fingerprint density at radius 3 is 2.93 bits per heavy atom. The monoisotopic (exact) mass is 399 g/mol. The van der Waals surface area contributed by atoms with E-state index < -0.39 is 29.5 Å². The van der Waals surface area contributed by atoms with Crippen LogP contribution in [0.5, 0.6) is 0 Å². The number of amides is 1. The Bertz CT molecular complexity index is 1130. The Morgan fingerprint density at radius 2 is 2.17 bits per heavy atom. The third-order valence-electron chi connectivity index (χ3n) is 6.15. The van der Waals surface area contributed by atoms with Gasteiger partial charge in [0.2, 0.25) is 5.91 Å². The molecule has 3 unspecified atom stereocenters. The third kappa shape index (κ3) is 3.44. The van der Waals surface area contributed by atoms with Crippen LogP contribution in [-0.2, 0) is 11.3 Å². The lowest BCUT2D eigenvalue weighted by Crippen LogP contribution is -2.54. The summed E-state index contributed by atoms with van der Waals surface area (Å²) >= 11 is 0. The van der Waals surface area contributed by atoms with Crippen molar-refractivity contribution in [3.8, 4) is 6.07 Å². The van der Waals surface area contributed by atoms with Crippen LogP contribution in [0.1, 0.15) is 24.8 Å². The number of halogens is 1. The zero-order valence-corrected chi connectivity index (χ0v) is 16.0. The predicted octanol–water partition coefficient (Wildman–Crippen LogP) is 0.534. The maximum absolute atomic E-state index is 13.9. The molecule has 1 saturated heterocycles. The number of nitriles is 1. The number of aromatic nitrogens is 2. The quantitative estimate of drug-likeness (QED) is 0.696. The summed E-state index contributed by atoms with van der Waals surface area (Å²) < 4.78 is 14.7. The third-order valence-corrected chi connectivity index (χ3v) is 6.15. The van der Waals surface area contributed by atoms with Crippen molar-refractivity contribution >= 4 is 16.8 Å². The van der Waals surface area contributed by atoms with Gasteiger partial charge in [-0.15, -0.1) is 0 Å². The molecule has 1 saturated carbocycles. The Morgan fingerprint density at radius 1 is 1.38 bits per heavy atom. The van der Waals surface area contributed by atoms with Gasteiger partial charge in [0.05, 0.1) is 22.9 Å². The number of rotatable bonds is 3. The molecule has 9 heteroatoms. The van der Waals surface area contributed by atoms with Gasteiger partial charge in [-0.05, 0) is 49.8 Å². The molecule has 152 valence electrons. The van der Waals surface area contributed by atoms with Gasteiger partial charge in [-0.1, -0.05) is 0 Å². The van der Waals surface area contributed by atoms with Crippen LogP contribution in [-0.4, -0.2) is 34.1 Å². The molecule has 3 N–H and O–H groups in total. The zero-order valence-electron chi connectivity index (χ0n) is 16.0. The van der Waals surface area contributed by atoms with Crippen LogP contribution in [0.2, 0.25) is 0 Å². The molecule has 0 radical (unpaired) electrons. The van der Waals surface area contributed by atoms with Gasteiger partial charge < -0.3 is 15.6 Å². The van der Waals surface area contributed by atoms with E-state index in [0.29, 0.717) is 12.5 Å². The molecule has 0 spiro atoms. The normalized spacial score (nSPS) is 26.1. The summed E-state index contributed by atoms with van der Waals surface area (Å²) in [6.07, 6.45) is 2.50. The molecule has 4 rings (SSSR count). The first-order chi connectivity index (χ1) is 13.9. The number of piperidine rings is 1. The molecule has 2 aliphatic rings. The fraction of sp³-hybridized carbons (Fsp3) is 0.500. The number of nitrogens with one attached hydrogen (secondary N) is 3. The average molecular weight is 399 g/mol. The van der Waals surface area contributed by atoms with E-state index in [-0.39, 0.29) is 34.5 Å². The van der Waals surface area contributed by atoms with Crippen LogP contribution in [0.3, 0.4) is 0 Å². The van der Waals surface area contributed by atoms with Gasteiger partial charge >= 0.3 is 5.69 Å². The van der Waals surface area contributed by atoms with Gasteiger partial charge in [-0.3, -0.25) is 14.2 Å². The number of aryl methyl sites for hydroxylation is 1.